The van der Waals surface area contributed by atoms with E-state index in [9.17, 15) is 12.8 Å². The number of thiazole rings is 1. The van der Waals surface area contributed by atoms with Crippen LogP contribution < -0.4 is 10.1 Å². The molecule has 0 aliphatic rings. The van der Waals surface area contributed by atoms with E-state index in [1.54, 1.807) is 29.5 Å². The van der Waals surface area contributed by atoms with Crippen LogP contribution in [0.25, 0.3) is 22.2 Å². The van der Waals surface area contributed by atoms with Crippen LogP contribution in [0, 0.1) is 5.82 Å². The molecule has 6 rings (SSSR count). The summed E-state index contributed by atoms with van der Waals surface area (Å²) in [6, 6.07) is 22.7. The number of sulfone groups is 1. The van der Waals surface area contributed by atoms with Crippen molar-refractivity contribution in [2.75, 3.05) is 24.3 Å². The van der Waals surface area contributed by atoms with Gasteiger partial charge in [0.15, 0.2) is 14.9 Å². The van der Waals surface area contributed by atoms with E-state index in [2.05, 4.69) is 36.2 Å². The molecule has 47 heavy (non-hydrogen) atoms. The highest BCUT2D eigenvalue weighted by Crippen LogP contribution is 2.33. The lowest BCUT2D eigenvalue weighted by molar-refractivity contribution is 0.146. The van der Waals surface area contributed by atoms with Gasteiger partial charge >= 0.3 is 0 Å². The van der Waals surface area contributed by atoms with Gasteiger partial charge in [-0.15, -0.1) is 11.3 Å². The Kier molecular flexibility index (Phi) is 10.5. The van der Waals surface area contributed by atoms with E-state index in [4.69, 9.17) is 14.5 Å². The van der Waals surface area contributed by atoms with Crippen molar-refractivity contribution < 1.29 is 22.3 Å². The Morgan fingerprint density at radius 1 is 0.936 bits per heavy atom. The second-order valence-electron chi connectivity index (χ2n) is 10.5. The van der Waals surface area contributed by atoms with Crippen molar-refractivity contribution in [3.63, 3.8) is 0 Å². The highest BCUT2D eigenvalue weighted by molar-refractivity contribution is 9.10. The number of benzene rings is 3. The van der Waals surface area contributed by atoms with E-state index in [-0.39, 0.29) is 29.8 Å². The van der Waals surface area contributed by atoms with Crippen LogP contribution in [0.3, 0.4) is 0 Å². The largest absolute Gasteiger partial charge is 0.488 e. The number of hydrogen-bond acceptors (Lipinski definition) is 10. The van der Waals surface area contributed by atoms with Gasteiger partial charge in [0.05, 0.1) is 33.1 Å². The molecule has 0 amide bonds. The summed E-state index contributed by atoms with van der Waals surface area (Å²) in [6.07, 6.45) is 4.43. The van der Waals surface area contributed by atoms with Crippen molar-refractivity contribution in [1.82, 2.24) is 19.9 Å². The summed E-state index contributed by atoms with van der Waals surface area (Å²) < 4.78 is 50.4. The van der Waals surface area contributed by atoms with Crippen molar-refractivity contribution in [2.24, 2.45) is 0 Å². The molecule has 3 aromatic heterocycles. The Bertz CT molecular complexity index is 2100. The molecule has 0 fully saturated rings. The first-order chi connectivity index (χ1) is 22.8. The van der Waals surface area contributed by atoms with Crippen LogP contribution in [0.4, 0.5) is 15.9 Å². The number of aryl methyl sites for hydroxylation is 1. The fraction of sp³-hybridized carbons (Fsp3) is 0.176. The topological polar surface area (TPSA) is 116 Å². The van der Waals surface area contributed by atoms with Crippen molar-refractivity contribution in [3.8, 4) is 17.0 Å². The van der Waals surface area contributed by atoms with E-state index in [1.807, 2.05) is 47.8 Å². The summed E-state index contributed by atoms with van der Waals surface area (Å²) in [7, 11) is -3.46. The van der Waals surface area contributed by atoms with Crippen LogP contribution in [0.5, 0.6) is 5.75 Å². The second-order valence-corrected chi connectivity index (χ2v) is 14.3. The molecule has 0 saturated heterocycles. The molecule has 240 valence electrons. The van der Waals surface area contributed by atoms with Crippen LogP contribution >= 0.6 is 27.3 Å². The third-order valence-electron chi connectivity index (χ3n) is 7.09. The number of anilines is 2. The first-order valence-corrected chi connectivity index (χ1v) is 18.0. The highest BCUT2D eigenvalue weighted by atomic mass is 79.9. The third-order valence-corrected chi connectivity index (χ3v) is 10.2. The standard InChI is InChI=1S/C34H29BrFN5O4S2/c35-28-19-26(10-12-31(28)45-20-23-5-3-6-25(36)17-23)40-34-27-18-24(9-11-29(27)38-22-39-34)30-21-46-32(41-30)7-4-14-44-15-16-47(42,43)33-8-1-2-13-37-33/h1-3,5-6,8-13,17-19,21-22H,4,7,14-16,20H2,(H,38,39,40). The SMILES string of the molecule is O=S(=O)(CCOCCCc1nc(-c2ccc3ncnc(Nc4ccc(OCc5cccc(F)c5)c(Br)c4)c3c2)cs1)c1ccccn1. The predicted molar refractivity (Wildman–Crippen MR) is 184 cm³/mol. The van der Waals surface area contributed by atoms with Crippen LogP contribution in [-0.2, 0) is 27.6 Å². The number of halogens is 2. The van der Waals surface area contributed by atoms with Gasteiger partial charge in [-0.2, -0.15) is 0 Å². The summed E-state index contributed by atoms with van der Waals surface area (Å²) in [6.45, 7) is 0.794. The zero-order chi connectivity index (χ0) is 32.6. The monoisotopic (exact) mass is 733 g/mol. The van der Waals surface area contributed by atoms with Crippen molar-refractivity contribution in [3.05, 3.63) is 118 Å². The maximum Gasteiger partial charge on any atom is 0.197 e. The van der Waals surface area contributed by atoms with E-state index < -0.39 is 9.84 Å². The number of pyridine rings is 1. The molecule has 6 aromatic rings. The van der Waals surface area contributed by atoms with Crippen molar-refractivity contribution in [1.29, 1.82) is 0 Å². The Balaban J connectivity index is 1.05. The number of nitrogens with one attached hydrogen (secondary N) is 1. The molecule has 3 aromatic carbocycles. The number of fused-ring (bicyclic) bond motifs is 1. The Morgan fingerprint density at radius 3 is 2.68 bits per heavy atom. The number of hydrogen-bond donors (Lipinski definition) is 1. The van der Waals surface area contributed by atoms with E-state index in [0.717, 1.165) is 55.7 Å². The number of ether oxygens (including phenoxy) is 2. The van der Waals surface area contributed by atoms with Crippen LogP contribution in [0.15, 0.2) is 106 Å². The summed E-state index contributed by atoms with van der Waals surface area (Å²) in [5, 5.41) is 7.28. The lowest BCUT2D eigenvalue weighted by Gasteiger charge is -2.12. The fourth-order valence-corrected chi connectivity index (χ4v) is 7.12. The molecule has 0 aliphatic heterocycles. The molecule has 0 spiro atoms. The average Bonchev–Trinajstić information content (AvgIpc) is 3.55. The Hall–Kier alpha value is -4.30. The molecular weight excluding hydrogens is 705 g/mol. The molecule has 9 nitrogen and oxygen atoms in total. The van der Waals surface area contributed by atoms with Crippen LogP contribution in [-0.4, -0.2) is 47.3 Å². The van der Waals surface area contributed by atoms with E-state index >= 15 is 0 Å². The zero-order valence-corrected chi connectivity index (χ0v) is 28.2. The number of nitrogens with zero attached hydrogens (tertiary/aromatic N) is 4. The van der Waals surface area contributed by atoms with Gasteiger partial charge in [0.25, 0.3) is 0 Å². The number of aromatic nitrogens is 4. The average molecular weight is 735 g/mol. The van der Waals surface area contributed by atoms with Crippen molar-refractivity contribution >= 4 is 59.5 Å². The van der Waals surface area contributed by atoms with Crippen molar-refractivity contribution in [2.45, 2.75) is 24.5 Å². The lowest BCUT2D eigenvalue weighted by atomic mass is 10.1. The molecule has 3 heterocycles. The molecule has 0 unspecified atom stereocenters. The quantitative estimate of drug-likeness (QED) is 0.112. The van der Waals surface area contributed by atoms with E-state index in [0.29, 0.717) is 18.2 Å². The van der Waals surface area contributed by atoms with Gasteiger partial charge in [0.1, 0.15) is 30.3 Å². The molecule has 0 atom stereocenters. The van der Waals surface area contributed by atoms with Crippen LogP contribution in [0.2, 0.25) is 0 Å². The van der Waals surface area contributed by atoms with Gasteiger partial charge < -0.3 is 14.8 Å². The van der Waals surface area contributed by atoms with Gasteiger partial charge in [-0.3, -0.25) is 0 Å². The summed E-state index contributed by atoms with van der Waals surface area (Å²) in [5.41, 5.74) is 4.13. The van der Waals surface area contributed by atoms with Gasteiger partial charge in [-0.1, -0.05) is 24.3 Å². The highest BCUT2D eigenvalue weighted by Gasteiger charge is 2.15. The molecule has 1 N–H and O–H groups in total. The molecular formula is C34H29BrFN5O4S2. The smallest absolute Gasteiger partial charge is 0.197 e. The molecule has 0 aliphatic carbocycles. The first-order valence-electron chi connectivity index (χ1n) is 14.7. The first kappa shape index (κ1) is 32.6. The summed E-state index contributed by atoms with van der Waals surface area (Å²) in [4.78, 5) is 17.7. The minimum Gasteiger partial charge on any atom is -0.488 e. The fourth-order valence-electron chi connectivity index (χ4n) is 4.73. The Labute approximate surface area is 283 Å². The van der Waals surface area contributed by atoms with Gasteiger partial charge in [-0.25, -0.2) is 32.7 Å². The number of rotatable bonds is 14. The summed E-state index contributed by atoms with van der Waals surface area (Å²) in [5.74, 6) is 0.875. The maximum atomic E-state index is 13.5. The van der Waals surface area contributed by atoms with Crippen LogP contribution in [0.1, 0.15) is 17.0 Å². The maximum absolute atomic E-state index is 13.5. The van der Waals surface area contributed by atoms with Gasteiger partial charge in [0.2, 0.25) is 0 Å². The van der Waals surface area contributed by atoms with Gasteiger partial charge in [0, 0.05) is 41.2 Å². The summed E-state index contributed by atoms with van der Waals surface area (Å²) >= 11 is 5.15. The molecule has 13 heteroatoms. The minimum absolute atomic E-state index is 0.0644. The zero-order valence-electron chi connectivity index (χ0n) is 25.0. The Morgan fingerprint density at radius 2 is 1.85 bits per heavy atom. The predicted octanol–water partition coefficient (Wildman–Crippen LogP) is 7.80. The van der Waals surface area contributed by atoms with Gasteiger partial charge in [-0.05, 0) is 82.5 Å². The second kappa shape index (κ2) is 15.1. The third kappa shape index (κ3) is 8.55. The lowest BCUT2D eigenvalue weighted by Crippen LogP contribution is -2.14. The minimum atomic E-state index is -3.46. The molecule has 0 radical (unpaired) electrons. The molecule has 0 bridgehead atoms. The normalized spacial score (nSPS) is 11.5. The van der Waals surface area contributed by atoms with E-state index in [1.165, 1.54) is 30.7 Å². The molecule has 0 saturated carbocycles.